The lowest BCUT2D eigenvalue weighted by molar-refractivity contribution is 0.481. The molecule has 130 valence electrons. The highest BCUT2D eigenvalue weighted by atomic mass is 32.3. The van der Waals surface area contributed by atoms with Crippen LogP contribution in [0.2, 0.25) is 0 Å². The number of anilines is 1. The van der Waals surface area contributed by atoms with Crippen molar-refractivity contribution in [3.63, 3.8) is 0 Å². The van der Waals surface area contributed by atoms with Crippen molar-refractivity contribution in [3.05, 3.63) is 60.7 Å². The zero-order valence-electron chi connectivity index (χ0n) is 12.5. The smallest absolute Gasteiger partial charge is 0.332 e. The fraction of sp³-hybridized carbons (Fsp3) is 0. The van der Waals surface area contributed by atoms with Crippen LogP contribution >= 0.6 is 0 Å². The van der Waals surface area contributed by atoms with E-state index in [0.29, 0.717) is 10.8 Å². The molecule has 0 spiro atoms. The molecule has 3 rings (SSSR count). The summed E-state index contributed by atoms with van der Waals surface area (Å²) in [6.45, 7) is 0. The lowest BCUT2D eigenvalue weighted by Gasteiger charge is -2.11. The Hall–Kier alpha value is -2.65. The summed E-state index contributed by atoms with van der Waals surface area (Å²) in [5.41, 5.74) is 0.246. The second-order valence-corrected chi connectivity index (χ2v) is 8.22. The minimum Gasteiger partial charge on any atom is -0.507 e. The van der Waals surface area contributed by atoms with Gasteiger partial charge in [0.25, 0.3) is 10.0 Å². The van der Waals surface area contributed by atoms with Gasteiger partial charge in [-0.05, 0) is 36.4 Å². The number of benzene rings is 3. The minimum atomic E-state index is -4.90. The maximum atomic E-state index is 12.9. The molecule has 0 aromatic heterocycles. The number of hydrogen-bond donors (Lipinski definition) is 2. The van der Waals surface area contributed by atoms with Crippen molar-refractivity contribution in [3.8, 4) is 5.75 Å². The predicted molar refractivity (Wildman–Crippen MR) is 91.2 cm³/mol. The fourth-order valence-corrected chi connectivity index (χ4v) is 3.91. The minimum absolute atomic E-state index is 0.0102. The van der Waals surface area contributed by atoms with Gasteiger partial charge >= 0.3 is 10.2 Å². The van der Waals surface area contributed by atoms with E-state index in [1.807, 2.05) is 0 Å². The van der Waals surface area contributed by atoms with Crippen molar-refractivity contribution in [2.24, 2.45) is 0 Å². The Kier molecular flexibility index (Phi) is 4.13. The average Bonchev–Trinajstić information content (AvgIpc) is 2.55. The van der Waals surface area contributed by atoms with Crippen LogP contribution in [0.25, 0.3) is 10.8 Å². The molecule has 0 heterocycles. The fourth-order valence-electron chi connectivity index (χ4n) is 2.37. The highest BCUT2D eigenvalue weighted by Crippen LogP contribution is 2.31. The number of phenolic OH excluding ortho intramolecular Hbond substituents is 1. The van der Waals surface area contributed by atoms with Crippen LogP contribution in [0, 0.1) is 0 Å². The molecule has 0 fully saturated rings. The Morgan fingerprint density at radius 3 is 1.96 bits per heavy atom. The number of aromatic hydroxyl groups is 1. The summed E-state index contributed by atoms with van der Waals surface area (Å²) in [4.78, 5) is -0.849. The van der Waals surface area contributed by atoms with Crippen LogP contribution in [-0.4, -0.2) is 21.9 Å². The lowest BCUT2D eigenvalue weighted by atomic mass is 10.1. The highest BCUT2D eigenvalue weighted by molar-refractivity contribution is 7.92. The van der Waals surface area contributed by atoms with Gasteiger partial charge in [0.1, 0.15) is 5.75 Å². The number of halogens is 1. The second-order valence-electron chi connectivity index (χ2n) is 5.19. The normalized spacial score (nSPS) is 12.2. The van der Waals surface area contributed by atoms with Crippen LogP contribution in [0.3, 0.4) is 0 Å². The van der Waals surface area contributed by atoms with Crippen LogP contribution < -0.4 is 4.72 Å². The molecule has 2 N–H and O–H groups in total. The summed E-state index contributed by atoms with van der Waals surface area (Å²) in [6.07, 6.45) is 0. The van der Waals surface area contributed by atoms with Crippen LogP contribution in [0.1, 0.15) is 0 Å². The number of rotatable bonds is 4. The largest absolute Gasteiger partial charge is 0.507 e. The monoisotopic (exact) mass is 381 g/mol. The van der Waals surface area contributed by atoms with Gasteiger partial charge in [0.05, 0.1) is 15.5 Å². The van der Waals surface area contributed by atoms with Crippen LogP contribution in [-0.2, 0) is 20.2 Å². The van der Waals surface area contributed by atoms with E-state index >= 15 is 0 Å². The molecule has 0 unspecified atom stereocenters. The van der Waals surface area contributed by atoms with Crippen molar-refractivity contribution in [1.29, 1.82) is 0 Å². The Morgan fingerprint density at radius 1 is 0.760 bits per heavy atom. The van der Waals surface area contributed by atoms with E-state index in [1.54, 1.807) is 24.3 Å². The first-order valence-electron chi connectivity index (χ1n) is 6.97. The van der Waals surface area contributed by atoms with Gasteiger partial charge in [-0.1, -0.05) is 24.3 Å². The molecule has 3 aromatic rings. The SMILES string of the molecule is O=S(=O)(F)c1ccc(S(=O)(=O)Nc2cccc3c(O)cccc23)cc1. The Balaban J connectivity index is 2.01. The Labute approximate surface area is 143 Å². The van der Waals surface area contributed by atoms with Gasteiger partial charge in [0, 0.05) is 10.8 Å². The Bertz CT molecular complexity index is 1160. The van der Waals surface area contributed by atoms with Gasteiger partial charge in [-0.25, -0.2) is 8.42 Å². The third-order valence-electron chi connectivity index (χ3n) is 3.56. The number of sulfonamides is 1. The molecule has 25 heavy (non-hydrogen) atoms. The topological polar surface area (TPSA) is 101 Å². The van der Waals surface area contributed by atoms with E-state index < -0.39 is 25.1 Å². The van der Waals surface area contributed by atoms with Gasteiger partial charge in [0.2, 0.25) is 0 Å². The predicted octanol–water partition coefficient (Wildman–Crippen LogP) is 3.00. The molecule has 0 aliphatic heterocycles. The molecule has 0 aliphatic rings. The molecule has 6 nitrogen and oxygen atoms in total. The summed E-state index contributed by atoms with van der Waals surface area (Å²) in [7, 11) is -8.93. The van der Waals surface area contributed by atoms with Gasteiger partial charge in [-0.3, -0.25) is 4.72 Å². The van der Waals surface area contributed by atoms with E-state index in [1.165, 1.54) is 12.1 Å². The maximum Gasteiger partial charge on any atom is 0.332 e. The van der Waals surface area contributed by atoms with Crippen molar-refractivity contribution in [2.75, 3.05) is 4.72 Å². The van der Waals surface area contributed by atoms with E-state index in [4.69, 9.17) is 0 Å². The van der Waals surface area contributed by atoms with E-state index in [-0.39, 0.29) is 16.3 Å². The standard InChI is InChI=1S/C16H12FNO5S2/c17-24(20,21)11-7-9-12(10-8-11)25(22,23)18-15-5-1-4-14-13(15)3-2-6-16(14)19/h1-10,18-19H. The number of phenols is 1. The van der Waals surface area contributed by atoms with E-state index in [9.17, 15) is 25.8 Å². The zero-order chi connectivity index (χ0) is 18.2. The van der Waals surface area contributed by atoms with Crippen molar-refractivity contribution in [2.45, 2.75) is 9.79 Å². The van der Waals surface area contributed by atoms with Crippen LogP contribution in [0.4, 0.5) is 9.57 Å². The van der Waals surface area contributed by atoms with Crippen LogP contribution in [0.5, 0.6) is 5.75 Å². The average molecular weight is 381 g/mol. The molecule has 0 amide bonds. The van der Waals surface area contributed by atoms with Gasteiger partial charge in [-0.15, -0.1) is 3.89 Å². The summed E-state index contributed by atoms with van der Waals surface area (Å²) >= 11 is 0. The first kappa shape index (κ1) is 17.2. The third kappa shape index (κ3) is 3.42. The first-order valence-corrected chi connectivity index (χ1v) is 9.83. The molecule has 0 saturated carbocycles. The maximum absolute atomic E-state index is 12.9. The molecule has 0 saturated heterocycles. The zero-order valence-corrected chi connectivity index (χ0v) is 14.2. The lowest BCUT2D eigenvalue weighted by Crippen LogP contribution is -2.13. The van der Waals surface area contributed by atoms with E-state index in [0.717, 1.165) is 24.3 Å². The third-order valence-corrected chi connectivity index (χ3v) is 5.78. The molecule has 0 aliphatic carbocycles. The molecular formula is C16H12FNO5S2. The molecule has 3 aromatic carbocycles. The number of fused-ring (bicyclic) bond motifs is 1. The van der Waals surface area contributed by atoms with Gasteiger partial charge < -0.3 is 5.11 Å². The van der Waals surface area contributed by atoms with Crippen molar-refractivity contribution >= 4 is 36.7 Å². The van der Waals surface area contributed by atoms with Crippen molar-refractivity contribution in [1.82, 2.24) is 0 Å². The van der Waals surface area contributed by atoms with Crippen molar-refractivity contribution < 1.29 is 25.8 Å². The number of hydrogen-bond acceptors (Lipinski definition) is 5. The van der Waals surface area contributed by atoms with E-state index in [2.05, 4.69) is 4.72 Å². The Morgan fingerprint density at radius 2 is 1.32 bits per heavy atom. The van der Waals surface area contributed by atoms with Gasteiger partial charge in [-0.2, -0.15) is 8.42 Å². The molecule has 0 radical (unpaired) electrons. The summed E-state index contributed by atoms with van der Waals surface area (Å²) in [6, 6.07) is 13.2. The molecule has 0 bridgehead atoms. The summed E-state index contributed by atoms with van der Waals surface area (Å²) < 4.78 is 61.8. The molecule has 0 atom stereocenters. The summed E-state index contributed by atoms with van der Waals surface area (Å²) in [5, 5.41) is 10.8. The van der Waals surface area contributed by atoms with Gasteiger partial charge in [0.15, 0.2) is 0 Å². The molecular weight excluding hydrogens is 369 g/mol. The quantitative estimate of drug-likeness (QED) is 0.677. The first-order chi connectivity index (χ1) is 11.7. The highest BCUT2D eigenvalue weighted by Gasteiger charge is 2.18. The number of nitrogens with one attached hydrogen (secondary N) is 1. The van der Waals surface area contributed by atoms with Crippen LogP contribution in [0.15, 0.2) is 70.5 Å². The molecule has 9 heteroatoms. The second kappa shape index (κ2) is 6.01. The summed E-state index contributed by atoms with van der Waals surface area (Å²) in [5.74, 6) is 0.0102.